The van der Waals surface area contributed by atoms with Crippen molar-refractivity contribution < 1.29 is 0 Å². The SMILES string of the molecule is CSCc1nc2ccc(N)cn2n1. The number of nitrogens with zero attached hydrogens (tertiary/aromatic N) is 3. The van der Waals surface area contributed by atoms with E-state index in [1.807, 2.05) is 18.4 Å². The fraction of sp³-hybridized carbons (Fsp3) is 0.250. The zero-order valence-corrected chi connectivity index (χ0v) is 8.08. The van der Waals surface area contributed by atoms with Crippen LogP contribution in [0.5, 0.6) is 0 Å². The Balaban J connectivity index is 2.49. The topological polar surface area (TPSA) is 56.2 Å². The summed E-state index contributed by atoms with van der Waals surface area (Å²) >= 11 is 1.70. The molecular weight excluding hydrogens is 184 g/mol. The third-order valence-electron chi connectivity index (χ3n) is 1.67. The molecule has 2 aromatic rings. The molecule has 68 valence electrons. The van der Waals surface area contributed by atoms with Crippen LogP contribution in [0.1, 0.15) is 5.82 Å². The number of anilines is 1. The van der Waals surface area contributed by atoms with Gasteiger partial charge in [0.25, 0.3) is 0 Å². The molecule has 0 aliphatic heterocycles. The summed E-state index contributed by atoms with van der Waals surface area (Å²) in [6.07, 6.45) is 3.80. The molecule has 0 unspecified atom stereocenters. The van der Waals surface area contributed by atoms with Crippen LogP contribution in [0.25, 0.3) is 5.65 Å². The molecule has 2 heterocycles. The fourth-order valence-corrected chi connectivity index (χ4v) is 1.52. The maximum Gasteiger partial charge on any atom is 0.161 e. The van der Waals surface area contributed by atoms with E-state index in [1.54, 1.807) is 22.5 Å². The van der Waals surface area contributed by atoms with Crippen LogP contribution in [0, 0.1) is 0 Å². The van der Waals surface area contributed by atoms with Crippen molar-refractivity contribution in [3.63, 3.8) is 0 Å². The molecule has 0 radical (unpaired) electrons. The van der Waals surface area contributed by atoms with E-state index in [0.29, 0.717) is 5.69 Å². The quantitative estimate of drug-likeness (QED) is 0.779. The molecule has 4 nitrogen and oxygen atoms in total. The number of fused-ring (bicyclic) bond motifs is 1. The van der Waals surface area contributed by atoms with E-state index in [0.717, 1.165) is 17.2 Å². The molecule has 0 saturated heterocycles. The van der Waals surface area contributed by atoms with Gasteiger partial charge in [0.2, 0.25) is 0 Å². The number of rotatable bonds is 2. The van der Waals surface area contributed by atoms with Crippen LogP contribution in [0.3, 0.4) is 0 Å². The zero-order chi connectivity index (χ0) is 9.26. The van der Waals surface area contributed by atoms with Crippen LogP contribution in [0.2, 0.25) is 0 Å². The summed E-state index contributed by atoms with van der Waals surface area (Å²) in [5, 5.41) is 4.27. The van der Waals surface area contributed by atoms with Gasteiger partial charge in [-0.2, -0.15) is 16.9 Å². The first-order valence-electron chi connectivity index (χ1n) is 3.89. The Labute approximate surface area is 80.2 Å². The second-order valence-corrected chi connectivity index (χ2v) is 3.59. The van der Waals surface area contributed by atoms with Crippen molar-refractivity contribution in [2.75, 3.05) is 12.0 Å². The molecule has 0 bridgehead atoms. The monoisotopic (exact) mass is 194 g/mol. The minimum absolute atomic E-state index is 0.702. The Morgan fingerprint density at radius 3 is 3.15 bits per heavy atom. The summed E-state index contributed by atoms with van der Waals surface area (Å²) in [4.78, 5) is 4.32. The molecule has 0 aromatic carbocycles. The summed E-state index contributed by atoms with van der Waals surface area (Å²) in [7, 11) is 0. The Morgan fingerprint density at radius 1 is 1.54 bits per heavy atom. The van der Waals surface area contributed by atoms with Crippen molar-refractivity contribution >= 4 is 23.1 Å². The van der Waals surface area contributed by atoms with E-state index in [-0.39, 0.29) is 0 Å². The average Bonchev–Trinajstić information content (AvgIpc) is 2.46. The number of pyridine rings is 1. The fourth-order valence-electron chi connectivity index (χ4n) is 1.14. The minimum Gasteiger partial charge on any atom is -0.397 e. The van der Waals surface area contributed by atoms with Crippen LogP contribution in [0.4, 0.5) is 5.69 Å². The number of nitrogen functional groups attached to an aromatic ring is 1. The number of nitrogens with two attached hydrogens (primary N) is 1. The van der Waals surface area contributed by atoms with Gasteiger partial charge in [-0.3, -0.25) is 0 Å². The molecule has 0 atom stereocenters. The van der Waals surface area contributed by atoms with Gasteiger partial charge in [0, 0.05) is 0 Å². The molecule has 0 fully saturated rings. The van der Waals surface area contributed by atoms with Gasteiger partial charge in [-0.15, -0.1) is 0 Å². The molecule has 5 heteroatoms. The highest BCUT2D eigenvalue weighted by molar-refractivity contribution is 7.97. The molecule has 0 spiro atoms. The van der Waals surface area contributed by atoms with Crippen molar-refractivity contribution in [3.8, 4) is 0 Å². The van der Waals surface area contributed by atoms with Crippen LogP contribution in [-0.4, -0.2) is 20.9 Å². The highest BCUT2D eigenvalue weighted by atomic mass is 32.2. The Bertz CT molecular complexity index is 423. The Hall–Kier alpha value is -1.23. The number of thioether (sulfide) groups is 1. The smallest absolute Gasteiger partial charge is 0.161 e. The van der Waals surface area contributed by atoms with Crippen LogP contribution in [0.15, 0.2) is 18.3 Å². The third-order valence-corrected chi connectivity index (χ3v) is 2.22. The maximum absolute atomic E-state index is 5.61. The second kappa shape index (κ2) is 3.26. The maximum atomic E-state index is 5.61. The summed E-state index contributed by atoms with van der Waals surface area (Å²) in [5.74, 6) is 1.68. The first kappa shape index (κ1) is 8.37. The third kappa shape index (κ3) is 1.60. The Morgan fingerprint density at radius 2 is 2.38 bits per heavy atom. The summed E-state index contributed by atoms with van der Waals surface area (Å²) in [5.41, 5.74) is 7.16. The molecule has 2 aromatic heterocycles. The van der Waals surface area contributed by atoms with Gasteiger partial charge in [0.1, 0.15) is 0 Å². The van der Waals surface area contributed by atoms with E-state index in [2.05, 4.69) is 10.1 Å². The minimum atomic E-state index is 0.702. The first-order chi connectivity index (χ1) is 6.29. The van der Waals surface area contributed by atoms with Crippen molar-refractivity contribution in [2.45, 2.75) is 5.75 Å². The molecule has 2 N–H and O–H groups in total. The highest BCUT2D eigenvalue weighted by Crippen LogP contribution is 2.09. The van der Waals surface area contributed by atoms with Crippen molar-refractivity contribution in [2.24, 2.45) is 0 Å². The van der Waals surface area contributed by atoms with Crippen LogP contribution in [-0.2, 0) is 5.75 Å². The molecular formula is C8H10N4S. The lowest BCUT2D eigenvalue weighted by Gasteiger charge is -1.91. The van der Waals surface area contributed by atoms with Gasteiger partial charge in [0.15, 0.2) is 11.5 Å². The number of hydrogen-bond acceptors (Lipinski definition) is 4. The largest absolute Gasteiger partial charge is 0.397 e. The average molecular weight is 194 g/mol. The van der Waals surface area contributed by atoms with Crippen molar-refractivity contribution in [3.05, 3.63) is 24.2 Å². The van der Waals surface area contributed by atoms with E-state index in [4.69, 9.17) is 5.73 Å². The standard InChI is InChI=1S/C8H10N4S/c1-13-5-7-10-8-3-2-6(9)4-12(8)11-7/h2-4H,5,9H2,1H3. The second-order valence-electron chi connectivity index (χ2n) is 2.73. The number of aromatic nitrogens is 3. The predicted octanol–water partition coefficient (Wildman–Crippen LogP) is 1.17. The van der Waals surface area contributed by atoms with Gasteiger partial charge in [-0.1, -0.05) is 0 Å². The molecule has 0 aliphatic rings. The first-order valence-corrected chi connectivity index (χ1v) is 5.28. The molecule has 2 rings (SSSR count). The molecule has 13 heavy (non-hydrogen) atoms. The number of hydrogen-bond donors (Lipinski definition) is 1. The van der Waals surface area contributed by atoms with Crippen molar-refractivity contribution in [1.29, 1.82) is 0 Å². The summed E-state index contributed by atoms with van der Waals surface area (Å²) in [6, 6.07) is 3.69. The van der Waals surface area contributed by atoms with Gasteiger partial charge in [0.05, 0.1) is 17.6 Å². The molecule has 0 saturated carbocycles. The lowest BCUT2D eigenvalue weighted by Crippen LogP contribution is -1.91. The van der Waals surface area contributed by atoms with Gasteiger partial charge in [-0.25, -0.2) is 9.50 Å². The van der Waals surface area contributed by atoms with Crippen molar-refractivity contribution in [1.82, 2.24) is 14.6 Å². The predicted molar refractivity (Wildman–Crippen MR) is 54.6 cm³/mol. The van der Waals surface area contributed by atoms with E-state index >= 15 is 0 Å². The van der Waals surface area contributed by atoms with Crippen LogP contribution >= 0.6 is 11.8 Å². The molecule has 0 amide bonds. The Kier molecular flexibility index (Phi) is 2.10. The van der Waals surface area contributed by atoms with E-state index in [1.165, 1.54) is 0 Å². The van der Waals surface area contributed by atoms with Gasteiger partial charge < -0.3 is 5.73 Å². The molecule has 0 aliphatic carbocycles. The lowest BCUT2D eigenvalue weighted by atomic mass is 10.4. The normalized spacial score (nSPS) is 10.8. The van der Waals surface area contributed by atoms with Crippen LogP contribution < -0.4 is 5.73 Å². The van der Waals surface area contributed by atoms with Gasteiger partial charge >= 0.3 is 0 Å². The van der Waals surface area contributed by atoms with E-state index < -0.39 is 0 Å². The van der Waals surface area contributed by atoms with Gasteiger partial charge in [-0.05, 0) is 18.4 Å². The highest BCUT2D eigenvalue weighted by Gasteiger charge is 2.01. The lowest BCUT2D eigenvalue weighted by molar-refractivity contribution is 0.927. The zero-order valence-electron chi connectivity index (χ0n) is 7.27. The summed E-state index contributed by atoms with van der Waals surface area (Å²) < 4.78 is 1.71. The van der Waals surface area contributed by atoms with E-state index in [9.17, 15) is 0 Å². The summed E-state index contributed by atoms with van der Waals surface area (Å²) in [6.45, 7) is 0.